The van der Waals surface area contributed by atoms with Crippen LogP contribution in [0.4, 0.5) is 4.79 Å². The summed E-state index contributed by atoms with van der Waals surface area (Å²) in [6, 6.07) is 0. The van der Waals surface area contributed by atoms with E-state index in [1.807, 2.05) is 20.8 Å². The highest BCUT2D eigenvalue weighted by Gasteiger charge is 2.37. The third-order valence-electron chi connectivity index (χ3n) is 3.26. The number of amides is 1. The van der Waals surface area contributed by atoms with Crippen LogP contribution < -0.4 is 0 Å². The van der Waals surface area contributed by atoms with E-state index >= 15 is 0 Å². The van der Waals surface area contributed by atoms with E-state index in [-0.39, 0.29) is 18.6 Å². The van der Waals surface area contributed by atoms with E-state index in [0.717, 1.165) is 13.0 Å². The van der Waals surface area contributed by atoms with Crippen LogP contribution in [-0.4, -0.2) is 41.4 Å². The van der Waals surface area contributed by atoms with Crippen molar-refractivity contribution in [2.24, 2.45) is 11.8 Å². The predicted octanol–water partition coefficient (Wildman–Crippen LogP) is 1.79. The highest BCUT2D eigenvalue weighted by Crippen LogP contribution is 2.36. The Labute approximate surface area is 102 Å². The molecule has 1 heterocycles. The molecule has 0 spiro atoms. The number of likely N-dealkylation sites (tertiary alicyclic amines) is 1. The smallest absolute Gasteiger partial charge is 0.410 e. The molecule has 0 unspecified atom stereocenters. The molecule has 2 atom stereocenters. The van der Waals surface area contributed by atoms with Crippen molar-refractivity contribution in [3.05, 3.63) is 11.6 Å². The van der Waals surface area contributed by atoms with Crippen LogP contribution in [0.15, 0.2) is 11.6 Å². The topological polar surface area (TPSA) is 49.8 Å². The van der Waals surface area contributed by atoms with Crippen molar-refractivity contribution in [1.29, 1.82) is 0 Å². The van der Waals surface area contributed by atoms with E-state index in [4.69, 9.17) is 9.84 Å². The molecule has 4 heteroatoms. The standard InChI is InChI=1S/C13H21NO3/c1-13(2,3)17-12(16)14-6-10-4-9(8-15)5-11(10)7-14/h4,9,11,15H,5-8H2,1-3H3/t9-,11-/m1/s1. The van der Waals surface area contributed by atoms with Gasteiger partial charge in [-0.2, -0.15) is 0 Å². The molecule has 0 aromatic carbocycles. The summed E-state index contributed by atoms with van der Waals surface area (Å²) in [7, 11) is 0. The molecule has 1 amide bonds. The Morgan fingerprint density at radius 3 is 2.82 bits per heavy atom. The Bertz CT molecular complexity index is 343. The fraction of sp³-hybridized carbons (Fsp3) is 0.769. The molecule has 96 valence electrons. The molecular weight excluding hydrogens is 218 g/mol. The first-order valence-corrected chi connectivity index (χ1v) is 6.18. The summed E-state index contributed by atoms with van der Waals surface area (Å²) >= 11 is 0. The number of rotatable bonds is 1. The zero-order valence-electron chi connectivity index (χ0n) is 10.8. The van der Waals surface area contributed by atoms with Gasteiger partial charge in [0.1, 0.15) is 5.60 Å². The van der Waals surface area contributed by atoms with Crippen LogP contribution in [0.1, 0.15) is 27.2 Å². The number of carbonyl (C=O) groups is 1. The minimum Gasteiger partial charge on any atom is -0.444 e. The SMILES string of the molecule is CC(C)(C)OC(=O)N1CC2=C[C@@H](CO)C[C@@H]2C1. The van der Waals surface area contributed by atoms with Gasteiger partial charge in [0.2, 0.25) is 0 Å². The molecule has 0 aromatic rings. The van der Waals surface area contributed by atoms with Crippen LogP contribution in [0.5, 0.6) is 0 Å². The summed E-state index contributed by atoms with van der Waals surface area (Å²) in [4.78, 5) is 13.6. The molecule has 2 aliphatic rings. The van der Waals surface area contributed by atoms with Gasteiger partial charge in [-0.1, -0.05) is 6.08 Å². The number of hydrogen-bond acceptors (Lipinski definition) is 3. The second-order valence-electron chi connectivity index (χ2n) is 5.98. The molecule has 1 fully saturated rings. The van der Waals surface area contributed by atoms with Gasteiger partial charge in [0, 0.05) is 25.6 Å². The Kier molecular flexibility index (Phi) is 3.17. The van der Waals surface area contributed by atoms with Crippen LogP contribution in [0, 0.1) is 11.8 Å². The van der Waals surface area contributed by atoms with Crippen LogP contribution in [-0.2, 0) is 4.74 Å². The van der Waals surface area contributed by atoms with Gasteiger partial charge < -0.3 is 14.7 Å². The van der Waals surface area contributed by atoms with Crippen molar-refractivity contribution in [3.63, 3.8) is 0 Å². The zero-order valence-corrected chi connectivity index (χ0v) is 10.8. The van der Waals surface area contributed by atoms with Crippen LogP contribution >= 0.6 is 0 Å². The second-order valence-corrected chi connectivity index (χ2v) is 5.98. The Hall–Kier alpha value is -1.03. The molecule has 2 rings (SSSR count). The first-order chi connectivity index (χ1) is 7.89. The lowest BCUT2D eigenvalue weighted by Gasteiger charge is -2.24. The summed E-state index contributed by atoms with van der Waals surface area (Å²) in [5, 5.41) is 9.10. The van der Waals surface area contributed by atoms with Gasteiger partial charge in [-0.05, 0) is 38.7 Å². The molecule has 1 N–H and O–H groups in total. The van der Waals surface area contributed by atoms with E-state index < -0.39 is 5.60 Å². The molecule has 1 saturated heterocycles. The Morgan fingerprint density at radius 1 is 1.59 bits per heavy atom. The average molecular weight is 239 g/mol. The molecule has 0 radical (unpaired) electrons. The first kappa shape index (κ1) is 12.4. The van der Waals surface area contributed by atoms with Gasteiger partial charge in [0.25, 0.3) is 0 Å². The number of nitrogens with zero attached hydrogens (tertiary/aromatic N) is 1. The summed E-state index contributed by atoms with van der Waals surface area (Å²) in [5.74, 6) is 0.718. The van der Waals surface area contributed by atoms with Gasteiger partial charge in [0.15, 0.2) is 0 Å². The minimum atomic E-state index is -0.434. The summed E-state index contributed by atoms with van der Waals surface area (Å²) in [5.41, 5.74) is 0.853. The van der Waals surface area contributed by atoms with E-state index in [0.29, 0.717) is 12.5 Å². The second kappa shape index (κ2) is 4.33. The van der Waals surface area contributed by atoms with Crippen molar-refractivity contribution in [1.82, 2.24) is 4.90 Å². The van der Waals surface area contributed by atoms with Gasteiger partial charge in [-0.25, -0.2) is 4.79 Å². The minimum absolute atomic E-state index is 0.215. The lowest BCUT2D eigenvalue weighted by Crippen LogP contribution is -2.35. The maximum absolute atomic E-state index is 11.9. The number of carbonyl (C=O) groups excluding carboxylic acids is 1. The van der Waals surface area contributed by atoms with Crippen molar-refractivity contribution >= 4 is 6.09 Å². The van der Waals surface area contributed by atoms with Gasteiger partial charge in [-0.15, -0.1) is 0 Å². The number of aliphatic hydroxyl groups is 1. The quantitative estimate of drug-likeness (QED) is 0.710. The van der Waals surface area contributed by atoms with E-state index in [1.165, 1.54) is 5.57 Å². The molecular formula is C13H21NO3. The zero-order chi connectivity index (χ0) is 12.6. The fourth-order valence-electron chi connectivity index (χ4n) is 2.54. The van der Waals surface area contributed by atoms with Crippen LogP contribution in [0.2, 0.25) is 0 Å². The van der Waals surface area contributed by atoms with E-state index in [1.54, 1.807) is 4.90 Å². The molecule has 0 saturated carbocycles. The fourth-order valence-corrected chi connectivity index (χ4v) is 2.54. The summed E-state index contributed by atoms with van der Waals surface area (Å²) < 4.78 is 5.35. The Balaban J connectivity index is 1.94. The number of aliphatic hydroxyl groups excluding tert-OH is 1. The van der Waals surface area contributed by atoms with Crippen molar-refractivity contribution < 1.29 is 14.6 Å². The molecule has 1 aliphatic carbocycles. The predicted molar refractivity (Wildman–Crippen MR) is 64.6 cm³/mol. The van der Waals surface area contributed by atoms with Gasteiger partial charge >= 0.3 is 6.09 Å². The summed E-state index contributed by atoms with van der Waals surface area (Å²) in [6.45, 7) is 7.24. The molecule has 0 aromatic heterocycles. The Morgan fingerprint density at radius 2 is 2.29 bits per heavy atom. The lowest BCUT2D eigenvalue weighted by molar-refractivity contribution is 0.0287. The molecule has 0 bridgehead atoms. The molecule has 4 nitrogen and oxygen atoms in total. The molecule has 1 aliphatic heterocycles. The first-order valence-electron chi connectivity index (χ1n) is 6.18. The number of ether oxygens (including phenoxy) is 1. The maximum Gasteiger partial charge on any atom is 0.410 e. The third-order valence-corrected chi connectivity index (χ3v) is 3.26. The third kappa shape index (κ3) is 2.80. The van der Waals surface area contributed by atoms with Gasteiger partial charge in [0.05, 0.1) is 0 Å². The normalized spacial score (nSPS) is 28.0. The van der Waals surface area contributed by atoms with Crippen molar-refractivity contribution in [2.75, 3.05) is 19.7 Å². The monoisotopic (exact) mass is 239 g/mol. The highest BCUT2D eigenvalue weighted by molar-refractivity contribution is 5.69. The molecule has 17 heavy (non-hydrogen) atoms. The van der Waals surface area contributed by atoms with Crippen molar-refractivity contribution in [3.8, 4) is 0 Å². The summed E-state index contributed by atoms with van der Waals surface area (Å²) in [6.07, 6.45) is 2.86. The van der Waals surface area contributed by atoms with Crippen LogP contribution in [0.25, 0.3) is 0 Å². The van der Waals surface area contributed by atoms with Crippen molar-refractivity contribution in [2.45, 2.75) is 32.8 Å². The van der Waals surface area contributed by atoms with Crippen LogP contribution in [0.3, 0.4) is 0 Å². The largest absolute Gasteiger partial charge is 0.444 e. The maximum atomic E-state index is 11.9. The highest BCUT2D eigenvalue weighted by atomic mass is 16.6. The van der Waals surface area contributed by atoms with E-state index in [9.17, 15) is 4.79 Å². The van der Waals surface area contributed by atoms with Gasteiger partial charge in [-0.3, -0.25) is 0 Å². The number of hydrogen-bond donors (Lipinski definition) is 1. The average Bonchev–Trinajstić information content (AvgIpc) is 2.70. The lowest BCUT2D eigenvalue weighted by atomic mass is 10.0. The number of fused-ring (bicyclic) bond motifs is 1. The van der Waals surface area contributed by atoms with E-state index in [2.05, 4.69) is 6.08 Å².